The smallest absolute Gasteiger partial charge is 0.330 e. The summed E-state index contributed by atoms with van der Waals surface area (Å²) in [6, 6.07) is 13.0. The summed E-state index contributed by atoms with van der Waals surface area (Å²) in [6.07, 6.45) is 1.58. The van der Waals surface area contributed by atoms with Gasteiger partial charge in [-0.3, -0.25) is 18.7 Å². The van der Waals surface area contributed by atoms with Crippen LogP contribution in [0.3, 0.4) is 0 Å². The molecule has 1 saturated heterocycles. The highest BCUT2D eigenvalue weighted by atomic mass is 16.3. The number of furan rings is 1. The molecule has 1 aliphatic heterocycles. The van der Waals surface area contributed by atoms with Gasteiger partial charge in [0.2, 0.25) is 0 Å². The number of benzene rings is 1. The number of piperazine rings is 1. The van der Waals surface area contributed by atoms with Crippen molar-refractivity contribution in [3.63, 3.8) is 0 Å². The molecule has 4 heterocycles. The van der Waals surface area contributed by atoms with Gasteiger partial charge in [-0.1, -0.05) is 18.2 Å². The number of hydrogen-bond acceptors (Lipinski definition) is 6. The third-order valence-electron chi connectivity index (χ3n) is 6.53. The van der Waals surface area contributed by atoms with Gasteiger partial charge in [0.15, 0.2) is 5.76 Å². The van der Waals surface area contributed by atoms with Gasteiger partial charge in [-0.15, -0.1) is 0 Å². The van der Waals surface area contributed by atoms with Crippen molar-refractivity contribution in [3.8, 4) is 11.5 Å². The third kappa shape index (κ3) is 3.49. The SMILES string of the molecule is Cc1c(N2CCN(C(=O)c3cc(-c4ccco4)nc4ccccc34)CC2)c(=O)n(C)c(=O)n1C. The molecule has 0 spiro atoms. The molecule has 9 nitrogen and oxygen atoms in total. The van der Waals surface area contributed by atoms with Crippen molar-refractivity contribution in [2.24, 2.45) is 14.1 Å². The number of carbonyl (C=O) groups is 1. The number of rotatable bonds is 3. The maximum Gasteiger partial charge on any atom is 0.330 e. The predicted molar refractivity (Wildman–Crippen MR) is 129 cm³/mol. The monoisotopic (exact) mass is 459 g/mol. The van der Waals surface area contributed by atoms with Crippen molar-refractivity contribution < 1.29 is 9.21 Å². The van der Waals surface area contributed by atoms with Gasteiger partial charge in [0.25, 0.3) is 11.5 Å². The zero-order chi connectivity index (χ0) is 24.0. The molecule has 5 rings (SSSR count). The summed E-state index contributed by atoms with van der Waals surface area (Å²) in [7, 11) is 3.14. The van der Waals surface area contributed by atoms with Gasteiger partial charge in [-0.05, 0) is 31.2 Å². The molecule has 1 aliphatic rings. The van der Waals surface area contributed by atoms with Crippen LogP contribution in [0.1, 0.15) is 16.1 Å². The Morgan fingerprint density at radius 1 is 0.971 bits per heavy atom. The first-order chi connectivity index (χ1) is 16.4. The molecule has 0 atom stereocenters. The van der Waals surface area contributed by atoms with Crippen LogP contribution in [0, 0.1) is 6.92 Å². The predicted octanol–water partition coefficient (Wildman–Crippen LogP) is 2.16. The fourth-order valence-electron chi connectivity index (χ4n) is 4.50. The first kappa shape index (κ1) is 21.7. The Morgan fingerprint density at radius 3 is 2.41 bits per heavy atom. The van der Waals surface area contributed by atoms with Crippen molar-refractivity contribution >= 4 is 22.5 Å². The number of para-hydroxylation sites is 1. The number of nitrogens with zero attached hydrogens (tertiary/aromatic N) is 5. The van der Waals surface area contributed by atoms with E-state index in [0.717, 1.165) is 15.5 Å². The molecule has 1 fully saturated rings. The van der Waals surface area contributed by atoms with Gasteiger partial charge in [0.05, 0.1) is 17.3 Å². The molecule has 0 bridgehead atoms. The fourth-order valence-corrected chi connectivity index (χ4v) is 4.50. The maximum absolute atomic E-state index is 13.6. The minimum atomic E-state index is -0.350. The lowest BCUT2D eigenvalue weighted by molar-refractivity contribution is 0.0748. The second-order valence-corrected chi connectivity index (χ2v) is 8.47. The summed E-state index contributed by atoms with van der Waals surface area (Å²) in [5, 5.41) is 0.785. The highest BCUT2D eigenvalue weighted by molar-refractivity contribution is 6.07. The lowest BCUT2D eigenvalue weighted by atomic mass is 10.0. The van der Waals surface area contributed by atoms with Crippen molar-refractivity contribution in [2.75, 3.05) is 31.1 Å². The molecule has 0 unspecified atom stereocenters. The first-order valence-electron chi connectivity index (χ1n) is 11.1. The molecule has 0 N–H and O–H groups in total. The lowest BCUT2D eigenvalue weighted by Gasteiger charge is -2.36. The molecule has 3 aromatic heterocycles. The van der Waals surface area contributed by atoms with Crippen LogP contribution in [-0.4, -0.2) is 51.1 Å². The van der Waals surface area contributed by atoms with Crippen LogP contribution < -0.4 is 16.1 Å². The molecular formula is C25H25N5O4. The number of anilines is 1. The fraction of sp³-hybridized carbons (Fsp3) is 0.280. The Bertz CT molecular complexity index is 1510. The van der Waals surface area contributed by atoms with Crippen LogP contribution in [0.2, 0.25) is 0 Å². The van der Waals surface area contributed by atoms with Crippen LogP contribution >= 0.6 is 0 Å². The normalized spacial score (nSPS) is 14.1. The van der Waals surface area contributed by atoms with E-state index in [0.29, 0.717) is 54.6 Å². The Kier molecular flexibility index (Phi) is 5.31. The van der Waals surface area contributed by atoms with Crippen molar-refractivity contribution in [2.45, 2.75) is 6.92 Å². The highest BCUT2D eigenvalue weighted by Crippen LogP contribution is 2.27. The van der Waals surface area contributed by atoms with Gasteiger partial charge >= 0.3 is 5.69 Å². The van der Waals surface area contributed by atoms with Crippen LogP contribution in [0.25, 0.3) is 22.4 Å². The molecule has 9 heteroatoms. The number of amides is 1. The largest absolute Gasteiger partial charge is 0.463 e. The van der Waals surface area contributed by atoms with Crippen LogP contribution in [0.5, 0.6) is 0 Å². The van der Waals surface area contributed by atoms with E-state index in [1.54, 1.807) is 37.3 Å². The minimum Gasteiger partial charge on any atom is -0.463 e. The number of hydrogen-bond donors (Lipinski definition) is 0. The minimum absolute atomic E-state index is 0.0869. The van der Waals surface area contributed by atoms with E-state index in [1.807, 2.05) is 35.2 Å². The molecule has 0 aliphatic carbocycles. The molecule has 0 saturated carbocycles. The molecule has 4 aromatic rings. The van der Waals surface area contributed by atoms with Gasteiger partial charge in [0.1, 0.15) is 11.4 Å². The Labute approximate surface area is 195 Å². The quantitative estimate of drug-likeness (QED) is 0.466. The van der Waals surface area contributed by atoms with E-state index in [4.69, 9.17) is 4.42 Å². The summed E-state index contributed by atoms with van der Waals surface area (Å²) in [5.74, 6) is 0.516. The van der Waals surface area contributed by atoms with E-state index >= 15 is 0 Å². The summed E-state index contributed by atoms with van der Waals surface area (Å²) in [4.78, 5) is 47.0. The third-order valence-corrected chi connectivity index (χ3v) is 6.53. The highest BCUT2D eigenvalue weighted by Gasteiger charge is 2.27. The lowest BCUT2D eigenvalue weighted by Crippen LogP contribution is -2.52. The van der Waals surface area contributed by atoms with E-state index in [9.17, 15) is 14.4 Å². The Hall–Kier alpha value is -4.14. The number of fused-ring (bicyclic) bond motifs is 1. The molecule has 0 radical (unpaired) electrons. The standard InChI is InChI=1S/C25H25N5O4/c1-16-22(24(32)28(3)25(33)27(16)2)29-10-12-30(13-11-29)23(31)18-15-20(21-9-6-14-34-21)26-19-8-5-4-7-17(18)19/h4-9,14-15H,10-13H2,1-3H3. The maximum atomic E-state index is 13.6. The average Bonchev–Trinajstić information content (AvgIpc) is 3.41. The topological polar surface area (TPSA) is 93.6 Å². The van der Waals surface area contributed by atoms with E-state index in [2.05, 4.69) is 4.98 Å². The van der Waals surface area contributed by atoms with Gasteiger partial charge in [0, 0.05) is 51.4 Å². The van der Waals surface area contributed by atoms with Crippen molar-refractivity contribution in [3.05, 3.63) is 80.8 Å². The Balaban J connectivity index is 1.45. The molecular weight excluding hydrogens is 434 g/mol. The molecule has 34 heavy (non-hydrogen) atoms. The van der Waals surface area contributed by atoms with Crippen molar-refractivity contribution in [1.29, 1.82) is 0 Å². The molecule has 1 aromatic carbocycles. The molecule has 174 valence electrons. The van der Waals surface area contributed by atoms with Crippen molar-refractivity contribution in [1.82, 2.24) is 19.0 Å². The van der Waals surface area contributed by atoms with E-state index in [1.165, 1.54) is 11.6 Å². The van der Waals surface area contributed by atoms with E-state index < -0.39 is 0 Å². The second-order valence-electron chi connectivity index (χ2n) is 8.47. The van der Waals surface area contributed by atoms with Crippen LogP contribution in [0.15, 0.2) is 62.7 Å². The summed E-state index contributed by atoms with van der Waals surface area (Å²) < 4.78 is 8.12. The van der Waals surface area contributed by atoms with Gasteiger partial charge in [-0.2, -0.15) is 0 Å². The Morgan fingerprint density at radius 2 is 1.71 bits per heavy atom. The van der Waals surface area contributed by atoms with Crippen LogP contribution in [0.4, 0.5) is 5.69 Å². The second kappa shape index (κ2) is 8.33. The van der Waals surface area contributed by atoms with E-state index in [-0.39, 0.29) is 17.2 Å². The zero-order valence-electron chi connectivity index (χ0n) is 19.3. The van der Waals surface area contributed by atoms with Crippen LogP contribution in [-0.2, 0) is 14.1 Å². The number of carbonyl (C=O) groups excluding carboxylic acids is 1. The first-order valence-corrected chi connectivity index (χ1v) is 11.1. The number of aromatic nitrogens is 3. The summed E-state index contributed by atoms with van der Waals surface area (Å²) in [5.41, 5.74) is 2.36. The molecule has 1 amide bonds. The zero-order valence-corrected chi connectivity index (χ0v) is 19.3. The van der Waals surface area contributed by atoms with Gasteiger partial charge < -0.3 is 14.2 Å². The average molecular weight is 460 g/mol. The summed E-state index contributed by atoms with van der Waals surface area (Å²) in [6.45, 7) is 3.67. The summed E-state index contributed by atoms with van der Waals surface area (Å²) >= 11 is 0. The van der Waals surface area contributed by atoms with Gasteiger partial charge in [-0.25, -0.2) is 9.78 Å². The number of pyridine rings is 1.